The molecule has 0 saturated carbocycles. The molecule has 0 spiro atoms. The topological polar surface area (TPSA) is 12.4 Å². The Kier molecular flexibility index (Phi) is 5.59. The van der Waals surface area contributed by atoms with Crippen molar-refractivity contribution in [2.75, 3.05) is 6.54 Å². The molecule has 0 heterocycles. The second-order valence-electron chi connectivity index (χ2n) is 2.47. The predicted molar refractivity (Wildman–Crippen MR) is 43.1 cm³/mol. The van der Waals surface area contributed by atoms with Crippen molar-refractivity contribution in [2.45, 2.75) is 33.6 Å². The molecule has 0 aliphatic rings. The Morgan fingerprint density at radius 2 is 2.22 bits per heavy atom. The average molecular weight is 127 g/mol. The summed E-state index contributed by atoms with van der Waals surface area (Å²) < 4.78 is 0. The molecule has 0 aromatic carbocycles. The Bertz CT molecular complexity index is 76.6. The highest BCUT2D eigenvalue weighted by Gasteiger charge is 1.94. The van der Waals surface area contributed by atoms with Crippen LogP contribution in [0.2, 0.25) is 0 Å². The molecule has 0 radical (unpaired) electrons. The van der Waals surface area contributed by atoms with E-state index in [-0.39, 0.29) is 0 Å². The number of hydrogen-bond acceptors (Lipinski definition) is 1. The fraction of sp³-hybridized carbons (Fsp3) is 0.875. The summed E-state index contributed by atoms with van der Waals surface area (Å²) >= 11 is 0. The van der Waals surface area contributed by atoms with Crippen LogP contribution in [-0.2, 0) is 0 Å². The molecule has 0 aliphatic heterocycles. The Morgan fingerprint density at radius 1 is 1.56 bits per heavy atom. The van der Waals surface area contributed by atoms with Gasteiger partial charge in [0.25, 0.3) is 0 Å². The molecule has 0 aliphatic carbocycles. The van der Waals surface area contributed by atoms with Gasteiger partial charge in [-0.2, -0.15) is 0 Å². The van der Waals surface area contributed by atoms with Gasteiger partial charge < -0.3 is 0 Å². The minimum atomic E-state index is 0.841. The second-order valence-corrected chi connectivity index (χ2v) is 2.47. The Hall–Kier alpha value is -0.330. The smallest absolute Gasteiger partial charge is 0.0387 e. The van der Waals surface area contributed by atoms with Crippen molar-refractivity contribution in [1.82, 2.24) is 0 Å². The summed E-state index contributed by atoms with van der Waals surface area (Å²) in [6.45, 7) is 7.47. The van der Waals surface area contributed by atoms with Crippen molar-refractivity contribution < 1.29 is 0 Å². The molecule has 0 saturated heterocycles. The Balaban J connectivity index is 3.06. The molecule has 0 bridgehead atoms. The van der Waals surface area contributed by atoms with Crippen LogP contribution in [0.15, 0.2) is 4.99 Å². The molecule has 0 aromatic rings. The summed E-state index contributed by atoms with van der Waals surface area (Å²) in [5.41, 5.74) is 0. The maximum absolute atomic E-state index is 4.13. The van der Waals surface area contributed by atoms with Crippen molar-refractivity contribution in [3.63, 3.8) is 0 Å². The first kappa shape index (κ1) is 8.67. The van der Waals surface area contributed by atoms with Crippen LogP contribution in [0.4, 0.5) is 0 Å². The maximum Gasteiger partial charge on any atom is 0.0387 e. The zero-order chi connectivity index (χ0) is 7.11. The number of aliphatic imine (C=N–C) groups is 1. The van der Waals surface area contributed by atoms with Gasteiger partial charge in [0.2, 0.25) is 0 Å². The largest absolute Gasteiger partial charge is 0.298 e. The lowest BCUT2D eigenvalue weighted by atomic mass is 10.1. The molecular weight excluding hydrogens is 110 g/mol. The fourth-order valence-electron chi connectivity index (χ4n) is 0.628. The van der Waals surface area contributed by atoms with Gasteiger partial charge in [0.05, 0.1) is 0 Å². The highest BCUT2D eigenvalue weighted by molar-refractivity contribution is 5.53. The normalized spacial score (nSPS) is 14.6. The van der Waals surface area contributed by atoms with E-state index in [1.54, 1.807) is 0 Å². The molecule has 9 heavy (non-hydrogen) atoms. The molecule has 0 aromatic heterocycles. The van der Waals surface area contributed by atoms with Gasteiger partial charge in [-0.05, 0) is 25.5 Å². The molecule has 0 fully saturated rings. The summed E-state index contributed by atoms with van der Waals surface area (Å²) in [6, 6.07) is 0. The van der Waals surface area contributed by atoms with E-state index >= 15 is 0 Å². The molecule has 0 N–H and O–H groups in total. The highest BCUT2D eigenvalue weighted by atomic mass is 14.7. The van der Waals surface area contributed by atoms with E-state index in [1.165, 1.54) is 12.8 Å². The van der Waals surface area contributed by atoms with Crippen LogP contribution in [0.5, 0.6) is 0 Å². The quantitative estimate of drug-likeness (QED) is 0.514. The molecule has 1 unspecified atom stereocenters. The molecule has 1 atom stereocenters. The summed E-state index contributed by atoms with van der Waals surface area (Å²) in [5.74, 6) is 0.841. The summed E-state index contributed by atoms with van der Waals surface area (Å²) in [6.07, 6.45) is 4.39. The van der Waals surface area contributed by atoms with Gasteiger partial charge in [0, 0.05) is 6.54 Å². The van der Waals surface area contributed by atoms with Crippen LogP contribution in [0.1, 0.15) is 33.6 Å². The van der Waals surface area contributed by atoms with E-state index < -0.39 is 0 Å². The van der Waals surface area contributed by atoms with Gasteiger partial charge >= 0.3 is 0 Å². The molecule has 1 nitrogen and oxygen atoms in total. The van der Waals surface area contributed by atoms with E-state index in [0.717, 1.165) is 12.5 Å². The maximum atomic E-state index is 4.13. The average Bonchev–Trinajstić information content (AvgIpc) is 1.89. The summed E-state index contributed by atoms with van der Waals surface area (Å²) in [7, 11) is 0. The van der Waals surface area contributed by atoms with Crippen molar-refractivity contribution in [2.24, 2.45) is 10.9 Å². The number of hydrogen-bond donors (Lipinski definition) is 0. The van der Waals surface area contributed by atoms with E-state index in [4.69, 9.17) is 0 Å². The van der Waals surface area contributed by atoms with E-state index in [9.17, 15) is 0 Å². The van der Waals surface area contributed by atoms with Crippen LogP contribution in [0, 0.1) is 5.92 Å². The van der Waals surface area contributed by atoms with Crippen LogP contribution >= 0.6 is 0 Å². The minimum absolute atomic E-state index is 0.841. The number of rotatable bonds is 4. The number of nitrogens with zero attached hydrogens (tertiary/aromatic N) is 1. The van der Waals surface area contributed by atoms with Crippen LogP contribution < -0.4 is 0 Å². The molecular formula is C8H17N. The third-order valence-corrected chi connectivity index (χ3v) is 1.63. The van der Waals surface area contributed by atoms with Gasteiger partial charge in [-0.1, -0.05) is 20.3 Å². The van der Waals surface area contributed by atoms with Crippen LogP contribution in [-0.4, -0.2) is 12.8 Å². The summed E-state index contributed by atoms with van der Waals surface area (Å²) in [5, 5.41) is 0. The zero-order valence-electron chi connectivity index (χ0n) is 6.72. The first-order valence-electron chi connectivity index (χ1n) is 3.75. The SMILES string of the molecule is CC=NCCC(C)CC. The first-order valence-corrected chi connectivity index (χ1v) is 3.75. The minimum Gasteiger partial charge on any atom is -0.298 e. The highest BCUT2D eigenvalue weighted by Crippen LogP contribution is 2.04. The third-order valence-electron chi connectivity index (χ3n) is 1.63. The molecule has 1 heteroatoms. The Labute approximate surface area is 58.2 Å². The zero-order valence-corrected chi connectivity index (χ0v) is 6.72. The van der Waals surface area contributed by atoms with Crippen LogP contribution in [0.25, 0.3) is 0 Å². The van der Waals surface area contributed by atoms with Crippen molar-refractivity contribution >= 4 is 6.21 Å². The third kappa shape index (κ3) is 5.54. The van der Waals surface area contributed by atoms with Gasteiger partial charge in [0.1, 0.15) is 0 Å². The first-order chi connectivity index (χ1) is 4.31. The van der Waals surface area contributed by atoms with Crippen LogP contribution in [0.3, 0.4) is 0 Å². The van der Waals surface area contributed by atoms with E-state index in [0.29, 0.717) is 0 Å². The van der Waals surface area contributed by atoms with Gasteiger partial charge in [0.15, 0.2) is 0 Å². The van der Waals surface area contributed by atoms with Gasteiger partial charge in [-0.15, -0.1) is 0 Å². The molecule has 0 amide bonds. The van der Waals surface area contributed by atoms with E-state index in [2.05, 4.69) is 18.8 Å². The standard InChI is InChI=1S/C8H17N/c1-4-8(3)6-7-9-5-2/h5,8H,4,6-7H2,1-3H3. The monoisotopic (exact) mass is 127 g/mol. The second kappa shape index (κ2) is 5.80. The van der Waals surface area contributed by atoms with E-state index in [1.807, 2.05) is 13.1 Å². The lowest BCUT2D eigenvalue weighted by molar-refractivity contribution is 0.525. The summed E-state index contributed by atoms with van der Waals surface area (Å²) in [4.78, 5) is 4.13. The van der Waals surface area contributed by atoms with Gasteiger partial charge in [-0.25, -0.2) is 0 Å². The predicted octanol–water partition coefficient (Wildman–Crippen LogP) is 2.51. The van der Waals surface area contributed by atoms with Crippen molar-refractivity contribution in [1.29, 1.82) is 0 Å². The molecule has 0 rings (SSSR count). The lowest BCUT2D eigenvalue weighted by Crippen LogP contribution is -1.94. The Morgan fingerprint density at radius 3 is 2.67 bits per heavy atom. The molecule has 54 valence electrons. The van der Waals surface area contributed by atoms with Gasteiger partial charge in [-0.3, -0.25) is 4.99 Å². The fourth-order valence-corrected chi connectivity index (χ4v) is 0.628. The lowest BCUT2D eigenvalue weighted by Gasteiger charge is -2.03. The van der Waals surface area contributed by atoms with Crippen molar-refractivity contribution in [3.05, 3.63) is 0 Å². The van der Waals surface area contributed by atoms with Crippen molar-refractivity contribution in [3.8, 4) is 0 Å².